The second-order valence-corrected chi connectivity index (χ2v) is 7.37. The maximum absolute atomic E-state index is 11.8. The quantitative estimate of drug-likeness (QED) is 0.833. The number of rotatable bonds is 3. The molecule has 0 spiro atoms. The van der Waals surface area contributed by atoms with Gasteiger partial charge in [-0.15, -0.1) is 0 Å². The van der Waals surface area contributed by atoms with Crippen molar-refractivity contribution < 1.29 is 9.53 Å². The predicted octanol–water partition coefficient (Wildman–Crippen LogP) is 3.89. The molecule has 4 heteroatoms. The van der Waals surface area contributed by atoms with Gasteiger partial charge in [-0.1, -0.05) is 12.1 Å². The van der Waals surface area contributed by atoms with Crippen LogP contribution in [0.15, 0.2) is 24.3 Å². The van der Waals surface area contributed by atoms with E-state index < -0.39 is 0 Å². The first-order valence-corrected chi connectivity index (χ1v) is 8.15. The number of amides is 1. The van der Waals surface area contributed by atoms with Gasteiger partial charge in [0, 0.05) is 11.2 Å². The molecule has 1 aliphatic carbocycles. The van der Waals surface area contributed by atoms with Gasteiger partial charge in [-0.25, -0.2) is 4.79 Å². The zero-order valence-corrected chi connectivity index (χ0v) is 13.9. The number of alkyl carbamates (subject to hydrolysis) is 1. The fourth-order valence-electron chi connectivity index (χ4n) is 2.93. The summed E-state index contributed by atoms with van der Waals surface area (Å²) in [4.78, 5) is 11.8. The highest BCUT2D eigenvalue weighted by Gasteiger charge is 2.25. The molecule has 22 heavy (non-hydrogen) atoms. The number of hydrogen-bond donors (Lipinski definition) is 2. The average Bonchev–Trinajstić information content (AvgIpc) is 2.41. The Balaban J connectivity index is 1.73. The van der Waals surface area contributed by atoms with Gasteiger partial charge in [-0.2, -0.15) is 0 Å². The summed E-state index contributed by atoms with van der Waals surface area (Å²) in [6.45, 7) is 5.87. The van der Waals surface area contributed by atoms with Gasteiger partial charge in [-0.05, 0) is 76.5 Å². The van der Waals surface area contributed by atoms with Crippen LogP contribution >= 0.6 is 0 Å². The third kappa shape index (κ3) is 5.58. The lowest BCUT2D eigenvalue weighted by Crippen LogP contribution is -2.42. The molecule has 0 aromatic heterocycles. The lowest BCUT2D eigenvalue weighted by Gasteiger charge is -2.29. The van der Waals surface area contributed by atoms with E-state index in [0.29, 0.717) is 5.92 Å². The minimum absolute atomic E-state index is 0.0602. The Labute approximate surface area is 133 Å². The largest absolute Gasteiger partial charge is 0.446 e. The molecule has 0 radical (unpaired) electrons. The van der Waals surface area contributed by atoms with Crippen LogP contribution in [0.5, 0.6) is 0 Å². The number of carbonyl (C=O) groups is 1. The zero-order chi connectivity index (χ0) is 16.2. The summed E-state index contributed by atoms with van der Waals surface area (Å²) >= 11 is 0. The molecule has 3 N–H and O–H groups in total. The van der Waals surface area contributed by atoms with Crippen molar-refractivity contribution in [3.8, 4) is 0 Å². The van der Waals surface area contributed by atoms with Gasteiger partial charge in [0.05, 0.1) is 0 Å². The van der Waals surface area contributed by atoms with Gasteiger partial charge in [0.1, 0.15) is 6.10 Å². The van der Waals surface area contributed by atoms with Crippen LogP contribution in [0.25, 0.3) is 0 Å². The molecule has 0 unspecified atom stereocenters. The summed E-state index contributed by atoms with van der Waals surface area (Å²) < 4.78 is 5.52. The summed E-state index contributed by atoms with van der Waals surface area (Å²) in [6.07, 6.45) is 4.98. The van der Waals surface area contributed by atoms with Crippen molar-refractivity contribution in [1.29, 1.82) is 0 Å². The Bertz CT molecular complexity index is 483. The maximum atomic E-state index is 11.8. The van der Waals surface area contributed by atoms with Gasteiger partial charge in [-0.3, -0.25) is 0 Å². The van der Waals surface area contributed by atoms with Crippen molar-refractivity contribution in [2.45, 2.75) is 64.5 Å². The van der Waals surface area contributed by atoms with E-state index in [1.807, 2.05) is 32.9 Å². The van der Waals surface area contributed by atoms with Crippen LogP contribution in [0.3, 0.4) is 0 Å². The fourth-order valence-corrected chi connectivity index (χ4v) is 2.93. The first-order valence-electron chi connectivity index (χ1n) is 8.15. The Morgan fingerprint density at radius 1 is 1.18 bits per heavy atom. The molecule has 0 bridgehead atoms. The Hall–Kier alpha value is -1.71. The van der Waals surface area contributed by atoms with E-state index in [0.717, 1.165) is 37.8 Å². The molecule has 0 saturated heterocycles. The van der Waals surface area contributed by atoms with E-state index in [9.17, 15) is 4.79 Å². The van der Waals surface area contributed by atoms with Crippen LogP contribution in [0.1, 0.15) is 52.0 Å². The second kappa shape index (κ2) is 7.03. The van der Waals surface area contributed by atoms with Gasteiger partial charge < -0.3 is 15.8 Å². The highest BCUT2D eigenvalue weighted by Crippen LogP contribution is 2.29. The van der Waals surface area contributed by atoms with E-state index in [2.05, 4.69) is 17.4 Å². The number of benzene rings is 1. The lowest BCUT2D eigenvalue weighted by molar-refractivity contribution is 0.0599. The van der Waals surface area contributed by atoms with E-state index in [-0.39, 0.29) is 17.7 Å². The number of carbonyl (C=O) groups excluding carboxylic acids is 1. The van der Waals surface area contributed by atoms with Gasteiger partial charge in [0.25, 0.3) is 0 Å². The van der Waals surface area contributed by atoms with Gasteiger partial charge in [0.15, 0.2) is 0 Å². The van der Waals surface area contributed by atoms with E-state index in [1.54, 1.807) is 0 Å². The SMILES string of the molecule is CC(C)(C)NC(=O)OC1CCC(Cc2ccc(N)cc2)CC1. The third-order valence-corrected chi connectivity index (χ3v) is 4.05. The van der Waals surface area contributed by atoms with Crippen LogP contribution in [0, 0.1) is 5.92 Å². The van der Waals surface area contributed by atoms with E-state index in [4.69, 9.17) is 10.5 Å². The monoisotopic (exact) mass is 304 g/mol. The van der Waals surface area contributed by atoms with Crippen LogP contribution in [0.4, 0.5) is 10.5 Å². The average molecular weight is 304 g/mol. The molecule has 1 aliphatic rings. The van der Waals surface area contributed by atoms with Crippen molar-refractivity contribution in [3.63, 3.8) is 0 Å². The predicted molar refractivity (Wildman–Crippen MR) is 89.7 cm³/mol. The van der Waals surface area contributed by atoms with Crippen molar-refractivity contribution >= 4 is 11.8 Å². The topological polar surface area (TPSA) is 64.3 Å². The normalized spacial score (nSPS) is 22.1. The lowest BCUT2D eigenvalue weighted by atomic mass is 9.83. The van der Waals surface area contributed by atoms with Crippen molar-refractivity contribution in [3.05, 3.63) is 29.8 Å². The van der Waals surface area contributed by atoms with E-state index >= 15 is 0 Å². The molecule has 0 atom stereocenters. The van der Waals surface area contributed by atoms with Gasteiger partial charge in [0.2, 0.25) is 0 Å². The van der Waals surface area contributed by atoms with Crippen LogP contribution < -0.4 is 11.1 Å². The highest BCUT2D eigenvalue weighted by molar-refractivity contribution is 5.68. The molecule has 0 aliphatic heterocycles. The molecular weight excluding hydrogens is 276 g/mol. The second-order valence-electron chi connectivity index (χ2n) is 7.37. The number of nitrogens with two attached hydrogens (primary N) is 1. The highest BCUT2D eigenvalue weighted by atomic mass is 16.6. The van der Waals surface area contributed by atoms with Crippen molar-refractivity contribution in [2.75, 3.05) is 5.73 Å². The number of nitrogen functional groups attached to an aromatic ring is 1. The minimum Gasteiger partial charge on any atom is -0.446 e. The number of hydrogen-bond acceptors (Lipinski definition) is 3. The van der Waals surface area contributed by atoms with Crippen LogP contribution in [-0.2, 0) is 11.2 Å². The van der Waals surface area contributed by atoms with Crippen LogP contribution in [0.2, 0.25) is 0 Å². The summed E-state index contributed by atoms with van der Waals surface area (Å²) in [5.41, 5.74) is 7.61. The first kappa shape index (κ1) is 16.7. The standard InChI is InChI=1S/C18H28N2O2/c1-18(2,3)20-17(21)22-16-10-6-14(7-11-16)12-13-4-8-15(19)9-5-13/h4-5,8-9,14,16H,6-7,10-12,19H2,1-3H3,(H,20,21). The number of ether oxygens (including phenoxy) is 1. The van der Waals surface area contributed by atoms with Crippen LogP contribution in [-0.4, -0.2) is 17.7 Å². The Morgan fingerprint density at radius 2 is 1.77 bits per heavy atom. The number of anilines is 1. The fraction of sp³-hybridized carbons (Fsp3) is 0.611. The maximum Gasteiger partial charge on any atom is 0.407 e. The minimum atomic E-state index is -0.297. The molecule has 1 saturated carbocycles. The Kier molecular flexibility index (Phi) is 5.33. The molecule has 2 rings (SSSR count). The Morgan fingerprint density at radius 3 is 2.32 bits per heavy atom. The van der Waals surface area contributed by atoms with Gasteiger partial charge >= 0.3 is 6.09 Å². The molecule has 1 aromatic carbocycles. The summed E-state index contributed by atoms with van der Waals surface area (Å²) in [5, 5.41) is 2.85. The molecule has 0 heterocycles. The van der Waals surface area contributed by atoms with Crippen molar-refractivity contribution in [1.82, 2.24) is 5.32 Å². The molecule has 1 amide bonds. The smallest absolute Gasteiger partial charge is 0.407 e. The summed E-state index contributed by atoms with van der Waals surface area (Å²) in [5.74, 6) is 0.675. The molecular formula is C18H28N2O2. The summed E-state index contributed by atoms with van der Waals surface area (Å²) in [6, 6.07) is 8.13. The van der Waals surface area contributed by atoms with Crippen molar-refractivity contribution in [2.24, 2.45) is 5.92 Å². The molecule has 122 valence electrons. The first-order chi connectivity index (χ1) is 10.3. The molecule has 1 fully saturated rings. The molecule has 1 aromatic rings. The number of nitrogens with one attached hydrogen (secondary N) is 1. The molecule has 4 nitrogen and oxygen atoms in total. The summed E-state index contributed by atoms with van der Waals surface area (Å²) in [7, 11) is 0. The third-order valence-electron chi connectivity index (χ3n) is 4.05. The van der Waals surface area contributed by atoms with E-state index in [1.165, 1.54) is 5.56 Å². The zero-order valence-electron chi connectivity index (χ0n) is 13.9.